The van der Waals surface area contributed by atoms with E-state index in [0.717, 1.165) is 23.1 Å². The van der Waals surface area contributed by atoms with Gasteiger partial charge in [0.05, 0.1) is 16.0 Å². The number of thiophene rings is 1. The van der Waals surface area contributed by atoms with Crippen LogP contribution in [-0.2, 0) is 0 Å². The van der Waals surface area contributed by atoms with E-state index in [9.17, 15) is 25.3 Å². The number of nitro groups is 2. The standard InChI is InChI=1S/C12H10N2O5S2/c1-7(15)11-6-10(14(18)19)12(21-11)20-9-4-2-8(3-5-9)13(16)17/h2-7,15H,1H3. The number of hydrogen-bond acceptors (Lipinski definition) is 7. The maximum Gasteiger partial charge on any atom is 0.294 e. The Morgan fingerprint density at radius 3 is 2.29 bits per heavy atom. The molecule has 1 aromatic heterocycles. The third-order valence-electron chi connectivity index (χ3n) is 2.57. The Bertz CT molecular complexity index is 681. The van der Waals surface area contributed by atoms with Crippen LogP contribution in [0.5, 0.6) is 0 Å². The fourth-order valence-electron chi connectivity index (χ4n) is 1.53. The molecule has 0 spiro atoms. The highest BCUT2D eigenvalue weighted by Crippen LogP contribution is 2.43. The summed E-state index contributed by atoms with van der Waals surface area (Å²) in [6, 6.07) is 7.11. The Morgan fingerprint density at radius 2 is 1.81 bits per heavy atom. The topological polar surface area (TPSA) is 107 Å². The molecule has 1 N–H and O–H groups in total. The fourth-order valence-corrected chi connectivity index (χ4v) is 3.79. The average Bonchev–Trinajstić information content (AvgIpc) is 2.83. The molecule has 2 aromatic rings. The van der Waals surface area contributed by atoms with Crippen molar-refractivity contribution in [2.75, 3.05) is 0 Å². The van der Waals surface area contributed by atoms with Crippen molar-refractivity contribution in [3.63, 3.8) is 0 Å². The van der Waals surface area contributed by atoms with E-state index >= 15 is 0 Å². The largest absolute Gasteiger partial charge is 0.388 e. The van der Waals surface area contributed by atoms with Gasteiger partial charge in [0.1, 0.15) is 4.21 Å². The van der Waals surface area contributed by atoms with Crippen molar-refractivity contribution < 1.29 is 15.0 Å². The first-order valence-electron chi connectivity index (χ1n) is 5.77. The molecule has 1 unspecified atom stereocenters. The van der Waals surface area contributed by atoms with E-state index in [2.05, 4.69) is 0 Å². The van der Waals surface area contributed by atoms with Crippen LogP contribution in [-0.4, -0.2) is 15.0 Å². The van der Waals surface area contributed by atoms with Crippen LogP contribution in [0.15, 0.2) is 39.4 Å². The number of nitrogens with zero attached hydrogens (tertiary/aromatic N) is 2. The molecular weight excluding hydrogens is 316 g/mol. The Hall–Kier alpha value is -1.97. The number of aliphatic hydroxyl groups excluding tert-OH is 1. The zero-order valence-electron chi connectivity index (χ0n) is 10.8. The fraction of sp³-hybridized carbons (Fsp3) is 0.167. The molecule has 0 bridgehead atoms. The van der Waals surface area contributed by atoms with Gasteiger partial charge < -0.3 is 5.11 Å². The van der Waals surface area contributed by atoms with Crippen LogP contribution in [0.2, 0.25) is 0 Å². The van der Waals surface area contributed by atoms with Crippen LogP contribution in [0, 0.1) is 20.2 Å². The molecule has 0 aliphatic carbocycles. The second-order valence-corrected chi connectivity index (χ2v) is 6.53. The highest BCUT2D eigenvalue weighted by Gasteiger charge is 2.22. The number of non-ortho nitro benzene ring substituents is 1. The molecule has 0 amide bonds. The van der Waals surface area contributed by atoms with E-state index in [1.54, 1.807) is 0 Å². The van der Waals surface area contributed by atoms with E-state index in [1.807, 2.05) is 0 Å². The van der Waals surface area contributed by atoms with Crippen LogP contribution in [0.4, 0.5) is 11.4 Å². The SMILES string of the molecule is CC(O)c1cc([N+](=O)[O-])c(Sc2ccc([N+](=O)[O-])cc2)s1. The van der Waals surface area contributed by atoms with Crippen molar-refractivity contribution in [3.05, 3.63) is 55.4 Å². The highest BCUT2D eigenvalue weighted by atomic mass is 32.2. The summed E-state index contributed by atoms with van der Waals surface area (Å²) in [5.74, 6) is 0. The minimum atomic E-state index is -0.778. The first-order chi connectivity index (χ1) is 9.88. The van der Waals surface area contributed by atoms with Gasteiger partial charge in [-0.2, -0.15) is 0 Å². The van der Waals surface area contributed by atoms with Crippen molar-refractivity contribution in [1.29, 1.82) is 0 Å². The monoisotopic (exact) mass is 326 g/mol. The zero-order chi connectivity index (χ0) is 15.6. The number of rotatable bonds is 5. The lowest BCUT2D eigenvalue weighted by Crippen LogP contribution is -1.88. The number of aliphatic hydroxyl groups is 1. The molecule has 21 heavy (non-hydrogen) atoms. The molecule has 0 aliphatic rings. The molecule has 0 fully saturated rings. The van der Waals surface area contributed by atoms with E-state index in [1.165, 1.54) is 37.3 Å². The summed E-state index contributed by atoms with van der Waals surface area (Å²) >= 11 is 2.28. The molecule has 0 saturated heterocycles. The Labute approximate surface area is 127 Å². The zero-order valence-corrected chi connectivity index (χ0v) is 12.4. The summed E-state index contributed by atoms with van der Waals surface area (Å²) < 4.78 is 0.435. The average molecular weight is 326 g/mol. The molecule has 0 radical (unpaired) electrons. The summed E-state index contributed by atoms with van der Waals surface area (Å²) in [5, 5.41) is 31.1. The molecule has 1 aromatic carbocycles. The molecule has 9 heteroatoms. The first-order valence-corrected chi connectivity index (χ1v) is 7.40. The van der Waals surface area contributed by atoms with E-state index in [0.29, 0.717) is 14.0 Å². The van der Waals surface area contributed by atoms with Gasteiger partial charge in [0, 0.05) is 28.0 Å². The number of hydrogen-bond donors (Lipinski definition) is 1. The first kappa shape index (κ1) is 15.4. The third-order valence-corrected chi connectivity index (χ3v) is 5.06. The van der Waals surface area contributed by atoms with Gasteiger partial charge in [0.15, 0.2) is 0 Å². The van der Waals surface area contributed by atoms with Crippen molar-refractivity contribution in [3.8, 4) is 0 Å². The minimum Gasteiger partial charge on any atom is -0.388 e. The maximum atomic E-state index is 11.0. The Balaban J connectivity index is 2.29. The highest BCUT2D eigenvalue weighted by molar-refractivity contribution is 8.01. The van der Waals surface area contributed by atoms with Gasteiger partial charge in [-0.25, -0.2) is 0 Å². The lowest BCUT2D eigenvalue weighted by atomic mass is 10.3. The van der Waals surface area contributed by atoms with Crippen molar-refractivity contribution in [2.24, 2.45) is 0 Å². The second-order valence-electron chi connectivity index (χ2n) is 4.11. The van der Waals surface area contributed by atoms with Gasteiger partial charge in [-0.1, -0.05) is 11.8 Å². The van der Waals surface area contributed by atoms with E-state index in [4.69, 9.17) is 0 Å². The summed E-state index contributed by atoms with van der Waals surface area (Å²) in [6.45, 7) is 1.54. The van der Waals surface area contributed by atoms with E-state index in [-0.39, 0.29) is 11.4 Å². The van der Waals surface area contributed by atoms with Crippen LogP contribution in [0.25, 0.3) is 0 Å². The molecule has 2 rings (SSSR count). The van der Waals surface area contributed by atoms with Gasteiger partial charge >= 0.3 is 0 Å². The predicted molar refractivity (Wildman–Crippen MR) is 78.8 cm³/mol. The molecule has 7 nitrogen and oxygen atoms in total. The molecule has 110 valence electrons. The minimum absolute atomic E-state index is 0.0373. The number of benzene rings is 1. The van der Waals surface area contributed by atoms with Crippen molar-refractivity contribution in [2.45, 2.75) is 22.1 Å². The molecule has 0 saturated carbocycles. The van der Waals surface area contributed by atoms with Crippen LogP contribution in [0.1, 0.15) is 17.9 Å². The quantitative estimate of drug-likeness (QED) is 0.662. The summed E-state index contributed by atoms with van der Waals surface area (Å²) in [6.07, 6.45) is -0.778. The normalized spacial score (nSPS) is 12.1. The molecular formula is C12H10N2O5S2. The van der Waals surface area contributed by atoms with Gasteiger partial charge in [0.25, 0.3) is 11.4 Å². The lowest BCUT2D eigenvalue weighted by Gasteiger charge is -1.99. The van der Waals surface area contributed by atoms with Gasteiger partial charge in [-0.05, 0) is 19.1 Å². The predicted octanol–water partition coefficient (Wildman–Crippen LogP) is 3.77. The maximum absolute atomic E-state index is 11.0. The second kappa shape index (κ2) is 6.20. The third kappa shape index (κ3) is 3.57. The van der Waals surface area contributed by atoms with Gasteiger partial charge in [0.2, 0.25) is 0 Å². The van der Waals surface area contributed by atoms with Gasteiger partial charge in [-0.3, -0.25) is 20.2 Å². The van der Waals surface area contributed by atoms with Crippen LogP contribution < -0.4 is 0 Å². The molecule has 1 heterocycles. The van der Waals surface area contributed by atoms with Crippen molar-refractivity contribution in [1.82, 2.24) is 0 Å². The Morgan fingerprint density at radius 1 is 1.19 bits per heavy atom. The Kier molecular flexibility index (Phi) is 4.56. The summed E-state index contributed by atoms with van der Waals surface area (Å²) in [4.78, 5) is 21.7. The van der Waals surface area contributed by atoms with E-state index < -0.39 is 16.0 Å². The van der Waals surface area contributed by atoms with Crippen LogP contribution in [0.3, 0.4) is 0 Å². The lowest BCUT2D eigenvalue weighted by molar-refractivity contribution is -0.387. The van der Waals surface area contributed by atoms with Gasteiger partial charge in [-0.15, -0.1) is 11.3 Å². The smallest absolute Gasteiger partial charge is 0.294 e. The molecule has 1 atom stereocenters. The molecule has 0 aliphatic heterocycles. The summed E-state index contributed by atoms with van der Waals surface area (Å²) in [5.41, 5.74) is -0.107. The summed E-state index contributed by atoms with van der Waals surface area (Å²) in [7, 11) is 0. The number of nitro benzene ring substituents is 1. The van der Waals surface area contributed by atoms with Crippen LogP contribution >= 0.6 is 23.1 Å². The van der Waals surface area contributed by atoms with Crippen molar-refractivity contribution >= 4 is 34.5 Å².